The van der Waals surface area contributed by atoms with E-state index >= 15 is 0 Å². The van der Waals surface area contributed by atoms with E-state index in [1.807, 2.05) is 31.2 Å². The molecule has 94 valence electrons. The van der Waals surface area contributed by atoms with Gasteiger partial charge in [-0.3, -0.25) is 0 Å². The van der Waals surface area contributed by atoms with Gasteiger partial charge in [-0.1, -0.05) is 42.3 Å². The van der Waals surface area contributed by atoms with E-state index < -0.39 is 0 Å². The van der Waals surface area contributed by atoms with Gasteiger partial charge in [0.2, 0.25) is 5.88 Å². The summed E-state index contributed by atoms with van der Waals surface area (Å²) >= 11 is 11.9. The molecule has 0 aliphatic rings. The molecule has 1 aromatic carbocycles. The van der Waals surface area contributed by atoms with Gasteiger partial charge in [-0.15, -0.1) is 0 Å². The van der Waals surface area contributed by atoms with Crippen molar-refractivity contribution in [3.05, 3.63) is 51.9 Å². The molecule has 0 N–H and O–H groups in total. The zero-order valence-electron chi connectivity index (χ0n) is 9.86. The fraction of sp³-hybridized carbons (Fsp3) is 0.231. The average molecular weight is 283 g/mol. The molecule has 3 nitrogen and oxygen atoms in total. The Morgan fingerprint density at radius 3 is 2.78 bits per heavy atom. The second kappa shape index (κ2) is 6.03. The van der Waals surface area contributed by atoms with Gasteiger partial charge < -0.3 is 4.74 Å². The van der Waals surface area contributed by atoms with E-state index in [2.05, 4.69) is 9.97 Å². The molecule has 0 bridgehead atoms. The number of hydrogen-bond donors (Lipinski definition) is 0. The minimum Gasteiger partial charge on any atom is -0.472 e. The first-order valence-corrected chi connectivity index (χ1v) is 6.33. The normalized spacial score (nSPS) is 10.4. The summed E-state index contributed by atoms with van der Waals surface area (Å²) in [5, 5.41) is 1.13. The van der Waals surface area contributed by atoms with E-state index in [1.54, 1.807) is 0 Å². The van der Waals surface area contributed by atoms with E-state index in [1.165, 1.54) is 6.33 Å². The summed E-state index contributed by atoms with van der Waals surface area (Å²) in [6.45, 7) is 2.39. The maximum absolute atomic E-state index is 5.98. The van der Waals surface area contributed by atoms with Crippen molar-refractivity contribution in [1.82, 2.24) is 9.97 Å². The molecule has 0 fully saturated rings. The molecule has 2 aromatic rings. The molecule has 18 heavy (non-hydrogen) atoms. The van der Waals surface area contributed by atoms with E-state index in [0.717, 1.165) is 17.5 Å². The summed E-state index contributed by atoms with van der Waals surface area (Å²) in [5.74, 6) is 0.525. The maximum Gasteiger partial charge on any atom is 0.221 e. The SMILES string of the molecule is CCc1c(Cl)ncnc1OCc1cccc(Cl)c1. The third-order valence-electron chi connectivity index (χ3n) is 2.47. The Kier molecular flexibility index (Phi) is 4.39. The van der Waals surface area contributed by atoms with Crippen LogP contribution in [0, 0.1) is 0 Å². The number of benzene rings is 1. The van der Waals surface area contributed by atoms with Gasteiger partial charge in [0.25, 0.3) is 0 Å². The van der Waals surface area contributed by atoms with Crippen molar-refractivity contribution < 1.29 is 4.74 Å². The Labute approximate surface area is 116 Å². The highest BCUT2D eigenvalue weighted by Crippen LogP contribution is 2.23. The van der Waals surface area contributed by atoms with Gasteiger partial charge in [0.15, 0.2) is 0 Å². The number of nitrogens with zero attached hydrogens (tertiary/aromatic N) is 2. The molecule has 0 aliphatic carbocycles. The number of ether oxygens (including phenoxy) is 1. The zero-order chi connectivity index (χ0) is 13.0. The van der Waals surface area contributed by atoms with Gasteiger partial charge in [0.05, 0.1) is 5.56 Å². The number of hydrogen-bond acceptors (Lipinski definition) is 3. The Bertz CT molecular complexity index is 546. The lowest BCUT2D eigenvalue weighted by Crippen LogP contribution is -2.02. The van der Waals surface area contributed by atoms with Crippen molar-refractivity contribution in [2.24, 2.45) is 0 Å². The van der Waals surface area contributed by atoms with Gasteiger partial charge in [-0.25, -0.2) is 9.97 Å². The van der Waals surface area contributed by atoms with Crippen LogP contribution < -0.4 is 4.74 Å². The Morgan fingerprint density at radius 2 is 2.06 bits per heavy atom. The highest BCUT2D eigenvalue weighted by molar-refractivity contribution is 6.30. The molecule has 0 atom stereocenters. The lowest BCUT2D eigenvalue weighted by atomic mass is 10.2. The van der Waals surface area contributed by atoms with Crippen LogP contribution in [0.15, 0.2) is 30.6 Å². The quantitative estimate of drug-likeness (QED) is 0.797. The summed E-state index contributed by atoms with van der Waals surface area (Å²) < 4.78 is 5.66. The summed E-state index contributed by atoms with van der Waals surface area (Å²) in [5.41, 5.74) is 1.81. The molecule has 0 radical (unpaired) electrons. The minimum absolute atomic E-state index is 0.404. The van der Waals surface area contributed by atoms with Gasteiger partial charge >= 0.3 is 0 Å². The summed E-state index contributed by atoms with van der Waals surface area (Å²) in [7, 11) is 0. The average Bonchev–Trinajstić information content (AvgIpc) is 2.36. The van der Waals surface area contributed by atoms with Crippen molar-refractivity contribution in [3.63, 3.8) is 0 Å². The van der Waals surface area contributed by atoms with E-state index in [0.29, 0.717) is 22.7 Å². The molecule has 1 aromatic heterocycles. The van der Waals surface area contributed by atoms with Gasteiger partial charge in [-0.2, -0.15) is 0 Å². The van der Waals surface area contributed by atoms with Crippen LogP contribution in [0.3, 0.4) is 0 Å². The third kappa shape index (κ3) is 3.12. The lowest BCUT2D eigenvalue weighted by Gasteiger charge is -2.09. The highest BCUT2D eigenvalue weighted by Gasteiger charge is 2.09. The maximum atomic E-state index is 5.98. The molecule has 1 heterocycles. The van der Waals surface area contributed by atoms with Crippen LogP contribution in [0.25, 0.3) is 0 Å². The first-order chi connectivity index (χ1) is 8.70. The van der Waals surface area contributed by atoms with Crippen molar-refractivity contribution >= 4 is 23.2 Å². The fourth-order valence-electron chi connectivity index (χ4n) is 1.58. The Hall–Kier alpha value is -1.32. The Morgan fingerprint density at radius 1 is 1.22 bits per heavy atom. The summed E-state index contributed by atoms with van der Waals surface area (Å²) in [6, 6.07) is 7.51. The first-order valence-electron chi connectivity index (χ1n) is 5.57. The first kappa shape index (κ1) is 13.1. The predicted octanol–water partition coefficient (Wildman–Crippen LogP) is 3.92. The van der Waals surface area contributed by atoms with Gasteiger partial charge in [0.1, 0.15) is 18.1 Å². The number of rotatable bonds is 4. The molecule has 0 amide bonds. The van der Waals surface area contributed by atoms with Crippen molar-refractivity contribution in [2.75, 3.05) is 0 Å². The van der Waals surface area contributed by atoms with E-state index in [-0.39, 0.29) is 0 Å². The van der Waals surface area contributed by atoms with Crippen molar-refractivity contribution in [3.8, 4) is 5.88 Å². The molecular formula is C13H12Cl2N2O. The molecule has 0 aliphatic heterocycles. The molecule has 0 saturated heterocycles. The van der Waals surface area contributed by atoms with Gasteiger partial charge in [-0.05, 0) is 24.1 Å². The largest absolute Gasteiger partial charge is 0.472 e. The smallest absolute Gasteiger partial charge is 0.221 e. The second-order valence-corrected chi connectivity index (χ2v) is 4.51. The molecule has 0 spiro atoms. The molecule has 0 unspecified atom stereocenters. The number of halogens is 2. The minimum atomic E-state index is 0.404. The molecule has 0 saturated carbocycles. The second-order valence-electron chi connectivity index (χ2n) is 3.72. The standard InChI is InChI=1S/C13H12Cl2N2O/c1-2-11-12(15)16-8-17-13(11)18-7-9-4-3-5-10(14)6-9/h3-6,8H,2,7H2,1H3. The van der Waals surface area contributed by atoms with E-state index in [9.17, 15) is 0 Å². The van der Waals surface area contributed by atoms with E-state index in [4.69, 9.17) is 27.9 Å². The van der Waals surface area contributed by atoms with Crippen LogP contribution in [0.2, 0.25) is 10.2 Å². The highest BCUT2D eigenvalue weighted by atomic mass is 35.5. The molecule has 2 rings (SSSR count). The summed E-state index contributed by atoms with van der Waals surface area (Å²) in [6.07, 6.45) is 2.12. The van der Waals surface area contributed by atoms with Crippen LogP contribution in [0.4, 0.5) is 0 Å². The molecular weight excluding hydrogens is 271 g/mol. The predicted molar refractivity (Wildman–Crippen MR) is 72.2 cm³/mol. The molecule has 5 heteroatoms. The van der Waals surface area contributed by atoms with Crippen molar-refractivity contribution in [1.29, 1.82) is 0 Å². The summed E-state index contributed by atoms with van der Waals surface area (Å²) in [4.78, 5) is 8.03. The Balaban J connectivity index is 2.13. The number of aromatic nitrogens is 2. The van der Waals surface area contributed by atoms with Crippen LogP contribution >= 0.6 is 23.2 Å². The van der Waals surface area contributed by atoms with Crippen LogP contribution in [0.1, 0.15) is 18.1 Å². The monoisotopic (exact) mass is 282 g/mol. The van der Waals surface area contributed by atoms with Crippen LogP contribution in [-0.4, -0.2) is 9.97 Å². The fourth-order valence-corrected chi connectivity index (χ4v) is 2.05. The van der Waals surface area contributed by atoms with Crippen molar-refractivity contribution in [2.45, 2.75) is 20.0 Å². The zero-order valence-corrected chi connectivity index (χ0v) is 11.4. The lowest BCUT2D eigenvalue weighted by molar-refractivity contribution is 0.290. The third-order valence-corrected chi connectivity index (χ3v) is 3.03. The van der Waals surface area contributed by atoms with Crippen LogP contribution in [-0.2, 0) is 13.0 Å². The van der Waals surface area contributed by atoms with Gasteiger partial charge in [0, 0.05) is 5.02 Å². The van der Waals surface area contributed by atoms with Crippen LogP contribution in [0.5, 0.6) is 5.88 Å². The topological polar surface area (TPSA) is 35.0 Å².